The first-order valence-electron chi connectivity index (χ1n) is 9.19. The fourth-order valence-electron chi connectivity index (χ4n) is 3.95. The zero-order valence-electron chi connectivity index (χ0n) is 19.4. The van der Waals surface area contributed by atoms with E-state index in [1.54, 1.807) is 0 Å². The minimum Gasteiger partial charge on any atom is -0.508 e. The Balaban J connectivity index is 0.00000341. The van der Waals surface area contributed by atoms with Gasteiger partial charge in [-0.25, -0.2) is 0 Å². The molecule has 30 heavy (non-hydrogen) atoms. The van der Waals surface area contributed by atoms with Crippen LogP contribution in [-0.2, 0) is 16.0 Å². The van der Waals surface area contributed by atoms with Crippen molar-refractivity contribution in [3.8, 4) is 17.2 Å². The summed E-state index contributed by atoms with van der Waals surface area (Å²) in [6, 6.07) is 2.78. The third-order valence-electron chi connectivity index (χ3n) is 5.64. The van der Waals surface area contributed by atoms with E-state index in [9.17, 15) is 40.2 Å². The lowest BCUT2D eigenvalue weighted by molar-refractivity contribution is -0.147. The van der Waals surface area contributed by atoms with E-state index in [1.165, 1.54) is 19.1 Å². The van der Waals surface area contributed by atoms with Gasteiger partial charge in [-0.1, -0.05) is 0 Å². The van der Waals surface area contributed by atoms with E-state index < -0.39 is 53.4 Å². The van der Waals surface area contributed by atoms with E-state index >= 15 is 0 Å². The van der Waals surface area contributed by atoms with Gasteiger partial charge in [-0.3, -0.25) is 9.59 Å². The van der Waals surface area contributed by atoms with Crippen LogP contribution >= 0.6 is 0 Å². The molecule has 0 spiro atoms. The Hall–Kier alpha value is -2.72. The van der Waals surface area contributed by atoms with E-state index in [0.29, 0.717) is 0 Å². The maximum Gasteiger partial charge on any atom is 1.00 e. The summed E-state index contributed by atoms with van der Waals surface area (Å²) in [5, 5.41) is 61.0. The molecule has 0 aliphatic heterocycles. The van der Waals surface area contributed by atoms with Crippen molar-refractivity contribution < 1.29 is 49.2 Å². The van der Waals surface area contributed by atoms with Gasteiger partial charge in [-0.05, 0) is 42.5 Å². The zero-order chi connectivity index (χ0) is 22.5. The number of hydrogen-bond acceptors (Lipinski definition) is 9. The maximum atomic E-state index is 12.9. The molecule has 0 aromatic heterocycles. The van der Waals surface area contributed by atoms with Crippen molar-refractivity contribution in [2.45, 2.75) is 37.8 Å². The molecule has 6 N–H and O–H groups in total. The highest BCUT2D eigenvalue weighted by atomic mass is 16.5. The summed E-state index contributed by atoms with van der Waals surface area (Å²) < 4.78 is 5.13. The molecule has 0 unspecified atom stereocenters. The van der Waals surface area contributed by atoms with Gasteiger partial charge in [0.15, 0.2) is 11.6 Å². The predicted octanol–water partition coefficient (Wildman–Crippen LogP) is 0.458. The monoisotopic (exact) mass is 422 g/mol. The molecule has 0 amide bonds. The summed E-state index contributed by atoms with van der Waals surface area (Å²) in [5.41, 5.74) is 0.180. The largest absolute Gasteiger partial charge is 1.00 e. The van der Waals surface area contributed by atoms with Crippen LogP contribution in [0.2, 0.25) is 0 Å². The number of rotatable bonds is 5. The molecule has 9 heteroatoms. The van der Waals surface area contributed by atoms with Gasteiger partial charge in [0.25, 0.3) is 0 Å². The lowest BCUT2D eigenvalue weighted by atomic mass is 9.75. The van der Waals surface area contributed by atoms with E-state index in [2.05, 4.69) is 6.92 Å². The number of aliphatic hydroxyl groups excluding tert-OH is 3. The van der Waals surface area contributed by atoms with Crippen molar-refractivity contribution in [1.82, 2.24) is 0 Å². The number of fused-ring (bicyclic) bond motifs is 2. The molecule has 0 saturated carbocycles. The number of ketones is 2. The average molecular weight is 422 g/mol. The number of Topliss-reactive ketones (excluding diaryl/α,β-unsaturated/α-hetero) is 2. The number of aliphatic hydroxyl groups is 3. The lowest BCUT2D eigenvalue weighted by Crippen LogP contribution is -2.51. The van der Waals surface area contributed by atoms with Crippen LogP contribution in [0, 0.1) is 19.8 Å². The molecule has 1 aliphatic carbocycles. The van der Waals surface area contributed by atoms with Gasteiger partial charge in [-0.15, -0.1) is 0 Å². The predicted molar refractivity (Wildman–Crippen MR) is 108 cm³/mol. The van der Waals surface area contributed by atoms with Crippen molar-refractivity contribution in [2.75, 3.05) is 7.11 Å². The van der Waals surface area contributed by atoms with Crippen LogP contribution in [0.5, 0.6) is 17.2 Å². The summed E-state index contributed by atoms with van der Waals surface area (Å²) in [6.45, 7) is 4.62. The van der Waals surface area contributed by atoms with Crippen LogP contribution in [0.25, 0.3) is 10.8 Å². The van der Waals surface area contributed by atoms with E-state index in [1.807, 2.05) is 0 Å². The molecule has 1 aliphatic rings. The Labute approximate surface area is 176 Å². The Kier molecular flexibility index (Phi) is 5.74. The van der Waals surface area contributed by atoms with Crippen molar-refractivity contribution in [1.29, 1.82) is 0 Å². The zero-order valence-corrected chi connectivity index (χ0v) is 16.4. The fraction of sp³-hybridized carbons (Fsp3) is 0.381. The molecule has 9 nitrogen and oxygen atoms in total. The van der Waals surface area contributed by atoms with Crippen LogP contribution < -0.4 is 0 Å². The highest BCUT2D eigenvalue weighted by Gasteiger charge is 2.44. The van der Waals surface area contributed by atoms with Gasteiger partial charge in [-0.2, -0.15) is 0 Å². The van der Waals surface area contributed by atoms with Crippen molar-refractivity contribution in [3.63, 3.8) is 0 Å². The first-order chi connectivity index (χ1) is 14.0. The number of carbonyl (C=O) groups is 2. The third-order valence-corrected chi connectivity index (χ3v) is 5.64. The van der Waals surface area contributed by atoms with Crippen LogP contribution in [0.15, 0.2) is 12.1 Å². The second-order valence-electron chi connectivity index (χ2n) is 7.47. The second-order valence-corrected chi connectivity index (χ2v) is 7.47. The normalized spacial score (nSPS) is 21.9. The number of carbonyl (C=O) groups excluding carboxylic acids is 2. The molecule has 3 rings (SSSR count). The number of methoxy groups -OCH3 is 1. The number of aromatic hydroxyl groups is 3. The molecular weight excluding hydrogens is 396 g/mol. The van der Waals surface area contributed by atoms with Crippen molar-refractivity contribution >= 4 is 22.3 Å². The summed E-state index contributed by atoms with van der Waals surface area (Å²) in [7, 11) is 1.16. The minimum absolute atomic E-state index is 0. The SMILES string of the molecule is [CH2-][C@H](O)[C@H](O)C(=O)[C@@H](OC)[C@@H]1Cc2cc3cc(O)c(C)c(O)c3c(O)c2C(=O)[C@H]1O.[H+].[H+].[H+]. The van der Waals surface area contributed by atoms with E-state index in [0.717, 1.165) is 7.11 Å². The third kappa shape index (κ3) is 3.29. The topological polar surface area (TPSA) is 165 Å². The minimum atomic E-state index is -1.87. The average Bonchev–Trinajstić information content (AvgIpc) is 2.69. The number of ether oxygens (including phenoxy) is 1. The van der Waals surface area contributed by atoms with Gasteiger partial charge in [0.2, 0.25) is 0 Å². The number of benzene rings is 2. The van der Waals surface area contributed by atoms with Crippen LogP contribution in [0.4, 0.5) is 0 Å². The second kappa shape index (κ2) is 7.84. The van der Waals surface area contributed by atoms with Gasteiger partial charge in [0.05, 0.1) is 10.9 Å². The van der Waals surface area contributed by atoms with Crippen molar-refractivity contribution in [2.24, 2.45) is 5.92 Å². The molecule has 2 aromatic carbocycles. The number of phenolic OH excluding ortho intramolecular Hbond substituents is 3. The standard InChI is InChI=1S/C21H23O9/c1-7-12(23)6-10-4-9-5-11(21(30-3)20(29)16(25)8(2)22)17(26)19(28)14(9)18(27)13(10)15(7)24/h4,6,8,11,16-17,21-27H,2,5H2,1,3H3/q-1/p+3/t8-,11+,16-,17-,21-/m0/s1. The molecule has 0 heterocycles. The first kappa shape index (κ1) is 22.0. The van der Waals surface area contributed by atoms with Crippen LogP contribution in [0.1, 0.15) is 25.8 Å². The van der Waals surface area contributed by atoms with Gasteiger partial charge in [0, 0.05) is 18.6 Å². The Morgan fingerprint density at radius 2 is 1.87 bits per heavy atom. The summed E-state index contributed by atoms with van der Waals surface area (Å²) in [5.74, 6) is -4.09. The maximum absolute atomic E-state index is 12.9. The summed E-state index contributed by atoms with van der Waals surface area (Å²) in [6.07, 6.45) is -6.77. The molecular formula is C21H26O9+2. The highest BCUT2D eigenvalue weighted by Crippen LogP contribution is 2.45. The van der Waals surface area contributed by atoms with Crippen LogP contribution in [-0.4, -0.2) is 73.7 Å². The number of hydrogen-bond donors (Lipinski definition) is 6. The summed E-state index contributed by atoms with van der Waals surface area (Å²) >= 11 is 0. The molecule has 162 valence electrons. The van der Waals surface area contributed by atoms with Gasteiger partial charge < -0.3 is 42.3 Å². The molecule has 0 saturated heterocycles. The Morgan fingerprint density at radius 1 is 1.23 bits per heavy atom. The Morgan fingerprint density at radius 3 is 2.43 bits per heavy atom. The fourth-order valence-corrected chi connectivity index (χ4v) is 3.95. The van der Waals surface area contributed by atoms with Crippen LogP contribution in [0.3, 0.4) is 0 Å². The highest BCUT2D eigenvalue weighted by molar-refractivity contribution is 6.11. The van der Waals surface area contributed by atoms with E-state index in [4.69, 9.17) is 4.74 Å². The number of phenols is 3. The molecule has 5 atom stereocenters. The Bertz CT molecular complexity index is 1040. The van der Waals surface area contributed by atoms with E-state index in [-0.39, 0.29) is 43.9 Å². The lowest BCUT2D eigenvalue weighted by Gasteiger charge is -2.35. The van der Waals surface area contributed by atoms with Gasteiger partial charge in [0.1, 0.15) is 35.6 Å². The van der Waals surface area contributed by atoms with Gasteiger partial charge >= 0.3 is 4.28 Å². The smallest absolute Gasteiger partial charge is 0.508 e. The molecule has 2 aromatic rings. The molecule has 0 bridgehead atoms. The molecule has 0 radical (unpaired) electrons. The first-order valence-corrected chi connectivity index (χ1v) is 9.19. The molecule has 0 fully saturated rings. The quantitative estimate of drug-likeness (QED) is 0.375. The van der Waals surface area contributed by atoms with Crippen molar-refractivity contribution in [3.05, 3.63) is 35.7 Å². The summed E-state index contributed by atoms with van der Waals surface area (Å²) in [4.78, 5) is 25.3.